The second kappa shape index (κ2) is 7.10. The Balaban J connectivity index is 1.74. The summed E-state index contributed by atoms with van der Waals surface area (Å²) in [7, 11) is 2.13. The third kappa shape index (κ3) is 3.89. The van der Waals surface area contributed by atoms with Gasteiger partial charge in [0.05, 0.1) is 5.69 Å². The predicted octanol–water partition coefficient (Wildman–Crippen LogP) is 2.85. The van der Waals surface area contributed by atoms with E-state index in [0.29, 0.717) is 5.69 Å². The minimum atomic E-state index is -0.201. The molecule has 1 saturated heterocycles. The summed E-state index contributed by atoms with van der Waals surface area (Å²) in [5, 5.41) is 2.89. The molecule has 0 atom stereocenters. The average molecular weight is 375 g/mol. The first kappa shape index (κ1) is 16.0. The molecule has 2 aromatic rings. The maximum Gasteiger partial charge on any atom is 0.274 e. The van der Waals surface area contributed by atoms with Crippen LogP contribution in [0.3, 0.4) is 0 Å². The fourth-order valence-corrected chi connectivity index (χ4v) is 2.94. The first-order valence-electron chi connectivity index (χ1n) is 7.59. The molecule has 0 unspecified atom stereocenters. The summed E-state index contributed by atoms with van der Waals surface area (Å²) in [6.07, 6.45) is 1.70. The van der Waals surface area contributed by atoms with Crippen LogP contribution in [0.4, 0.5) is 11.4 Å². The van der Waals surface area contributed by atoms with Crippen LogP contribution in [0.25, 0.3) is 0 Å². The smallest absolute Gasteiger partial charge is 0.274 e. The van der Waals surface area contributed by atoms with Crippen LogP contribution >= 0.6 is 15.9 Å². The third-order valence-corrected chi connectivity index (χ3v) is 4.66. The van der Waals surface area contributed by atoms with E-state index in [9.17, 15) is 4.79 Å². The fourth-order valence-electron chi connectivity index (χ4n) is 2.55. The van der Waals surface area contributed by atoms with Crippen molar-refractivity contribution in [1.29, 1.82) is 0 Å². The summed E-state index contributed by atoms with van der Waals surface area (Å²) in [6.45, 7) is 3.99. The fraction of sp³-hybridized carbons (Fsp3) is 0.294. The summed E-state index contributed by atoms with van der Waals surface area (Å²) in [4.78, 5) is 21.2. The molecule has 23 heavy (non-hydrogen) atoms. The van der Waals surface area contributed by atoms with Crippen LogP contribution in [-0.4, -0.2) is 49.0 Å². The highest BCUT2D eigenvalue weighted by atomic mass is 79.9. The molecule has 2 heterocycles. The van der Waals surface area contributed by atoms with Gasteiger partial charge < -0.3 is 15.1 Å². The number of carbonyl (C=O) groups excluding carboxylic acids is 1. The van der Waals surface area contributed by atoms with E-state index in [1.54, 1.807) is 6.20 Å². The van der Waals surface area contributed by atoms with Crippen molar-refractivity contribution in [1.82, 2.24) is 9.88 Å². The number of hydrogen-bond acceptors (Lipinski definition) is 4. The first-order chi connectivity index (χ1) is 11.1. The predicted molar refractivity (Wildman–Crippen MR) is 96.0 cm³/mol. The molecule has 1 N–H and O–H groups in total. The van der Waals surface area contributed by atoms with Gasteiger partial charge in [-0.3, -0.25) is 9.78 Å². The Kier molecular flexibility index (Phi) is 4.93. The molecule has 6 heteroatoms. The van der Waals surface area contributed by atoms with E-state index in [2.05, 4.69) is 43.1 Å². The number of hydrogen-bond donors (Lipinski definition) is 1. The molecule has 0 saturated carbocycles. The number of pyridine rings is 1. The summed E-state index contributed by atoms with van der Waals surface area (Å²) >= 11 is 3.43. The van der Waals surface area contributed by atoms with Gasteiger partial charge in [0.15, 0.2) is 0 Å². The van der Waals surface area contributed by atoms with E-state index < -0.39 is 0 Å². The molecule has 0 spiro atoms. The van der Waals surface area contributed by atoms with Gasteiger partial charge in [-0.1, -0.05) is 12.1 Å². The Bertz CT molecular complexity index is 698. The lowest BCUT2D eigenvalue weighted by atomic mass is 10.2. The maximum absolute atomic E-state index is 12.4. The van der Waals surface area contributed by atoms with E-state index in [0.717, 1.165) is 42.0 Å². The van der Waals surface area contributed by atoms with Crippen LogP contribution in [0.15, 0.2) is 47.1 Å². The van der Waals surface area contributed by atoms with E-state index in [1.807, 2.05) is 36.4 Å². The van der Waals surface area contributed by atoms with Gasteiger partial charge in [0, 0.05) is 42.5 Å². The number of anilines is 2. The number of nitrogens with one attached hydrogen (secondary N) is 1. The molecule has 120 valence electrons. The number of amides is 1. The normalized spacial score (nSPS) is 15.5. The number of likely N-dealkylation sites (N-methyl/N-ethyl adjacent to an activating group) is 1. The minimum absolute atomic E-state index is 0.201. The van der Waals surface area contributed by atoms with Gasteiger partial charge in [0.25, 0.3) is 5.91 Å². The summed E-state index contributed by atoms with van der Waals surface area (Å²) in [6, 6.07) is 11.4. The van der Waals surface area contributed by atoms with Gasteiger partial charge >= 0.3 is 0 Å². The Morgan fingerprint density at radius 1 is 1.17 bits per heavy atom. The van der Waals surface area contributed by atoms with Crippen LogP contribution in [0, 0.1) is 0 Å². The SMILES string of the molecule is CN1CCN(c2ccnc(C(=O)Nc3ccccc3Br)c2)CC1. The van der Waals surface area contributed by atoms with E-state index in [-0.39, 0.29) is 5.91 Å². The first-order valence-corrected chi connectivity index (χ1v) is 8.38. The van der Waals surface area contributed by atoms with Crippen molar-refractivity contribution < 1.29 is 4.79 Å². The number of piperazine rings is 1. The Morgan fingerprint density at radius 3 is 2.65 bits per heavy atom. The summed E-state index contributed by atoms with van der Waals surface area (Å²) < 4.78 is 0.851. The van der Waals surface area contributed by atoms with Gasteiger partial charge in [0.2, 0.25) is 0 Å². The molecule has 5 nitrogen and oxygen atoms in total. The number of nitrogens with zero attached hydrogens (tertiary/aromatic N) is 3. The topological polar surface area (TPSA) is 48.5 Å². The molecular formula is C17H19BrN4O. The Hall–Kier alpha value is -1.92. The molecule has 1 fully saturated rings. The number of benzene rings is 1. The molecular weight excluding hydrogens is 356 g/mol. The maximum atomic E-state index is 12.4. The van der Waals surface area contributed by atoms with Crippen molar-refractivity contribution in [2.75, 3.05) is 43.4 Å². The van der Waals surface area contributed by atoms with Crippen molar-refractivity contribution in [3.8, 4) is 0 Å². The highest BCUT2D eigenvalue weighted by Gasteiger charge is 2.16. The largest absolute Gasteiger partial charge is 0.369 e. The van der Waals surface area contributed by atoms with Crippen LogP contribution in [0.2, 0.25) is 0 Å². The molecule has 3 rings (SSSR count). The second-order valence-corrected chi connectivity index (χ2v) is 6.48. The number of rotatable bonds is 3. The molecule has 1 amide bonds. The Labute approximate surface area is 144 Å². The zero-order valence-electron chi connectivity index (χ0n) is 13.0. The third-order valence-electron chi connectivity index (χ3n) is 3.97. The second-order valence-electron chi connectivity index (χ2n) is 5.62. The van der Waals surface area contributed by atoms with Gasteiger partial charge in [-0.15, -0.1) is 0 Å². The highest BCUT2D eigenvalue weighted by molar-refractivity contribution is 9.10. The highest BCUT2D eigenvalue weighted by Crippen LogP contribution is 2.22. The summed E-state index contributed by atoms with van der Waals surface area (Å²) in [5.74, 6) is -0.201. The van der Waals surface area contributed by atoms with Gasteiger partial charge in [0.1, 0.15) is 5.69 Å². The van der Waals surface area contributed by atoms with E-state index in [4.69, 9.17) is 0 Å². The zero-order valence-corrected chi connectivity index (χ0v) is 14.6. The average Bonchev–Trinajstić information content (AvgIpc) is 2.58. The Morgan fingerprint density at radius 2 is 1.91 bits per heavy atom. The van der Waals surface area contributed by atoms with Crippen molar-refractivity contribution in [3.05, 3.63) is 52.8 Å². The summed E-state index contributed by atoms with van der Waals surface area (Å²) in [5.41, 5.74) is 2.21. The molecule has 0 radical (unpaired) electrons. The number of aromatic nitrogens is 1. The minimum Gasteiger partial charge on any atom is -0.369 e. The monoisotopic (exact) mass is 374 g/mol. The van der Waals surface area contributed by atoms with Crippen molar-refractivity contribution in [2.45, 2.75) is 0 Å². The number of halogens is 1. The molecule has 1 aromatic heterocycles. The lowest BCUT2D eigenvalue weighted by Crippen LogP contribution is -2.44. The molecule has 1 aromatic carbocycles. The van der Waals surface area contributed by atoms with Gasteiger partial charge in [-0.25, -0.2) is 0 Å². The van der Waals surface area contributed by atoms with Crippen LogP contribution in [-0.2, 0) is 0 Å². The number of carbonyl (C=O) groups is 1. The van der Waals surface area contributed by atoms with E-state index >= 15 is 0 Å². The van der Waals surface area contributed by atoms with Crippen molar-refractivity contribution >= 4 is 33.2 Å². The van der Waals surface area contributed by atoms with Crippen LogP contribution < -0.4 is 10.2 Å². The van der Waals surface area contributed by atoms with E-state index in [1.165, 1.54) is 0 Å². The van der Waals surface area contributed by atoms with Crippen LogP contribution in [0.5, 0.6) is 0 Å². The molecule has 1 aliphatic heterocycles. The van der Waals surface area contributed by atoms with Gasteiger partial charge in [-0.05, 0) is 47.2 Å². The lowest BCUT2D eigenvalue weighted by Gasteiger charge is -2.34. The zero-order chi connectivity index (χ0) is 16.2. The lowest BCUT2D eigenvalue weighted by molar-refractivity contribution is 0.102. The van der Waals surface area contributed by atoms with Crippen molar-refractivity contribution in [2.24, 2.45) is 0 Å². The van der Waals surface area contributed by atoms with Gasteiger partial charge in [-0.2, -0.15) is 0 Å². The molecule has 1 aliphatic rings. The van der Waals surface area contributed by atoms with Crippen LogP contribution in [0.1, 0.15) is 10.5 Å². The standard InChI is InChI=1S/C17H19BrN4O/c1-21-8-10-22(11-9-21)13-6-7-19-16(12-13)17(23)20-15-5-3-2-4-14(15)18/h2-7,12H,8-11H2,1H3,(H,20,23). The number of para-hydroxylation sites is 1. The molecule has 0 bridgehead atoms. The quantitative estimate of drug-likeness (QED) is 0.897. The van der Waals surface area contributed by atoms with Crippen molar-refractivity contribution in [3.63, 3.8) is 0 Å². The molecule has 0 aliphatic carbocycles.